The summed E-state index contributed by atoms with van der Waals surface area (Å²) in [4.78, 5) is 12.1. The summed E-state index contributed by atoms with van der Waals surface area (Å²) in [6.45, 7) is 3.77. The Morgan fingerprint density at radius 1 is 1.50 bits per heavy atom. The second-order valence-electron chi connectivity index (χ2n) is 4.43. The van der Waals surface area contributed by atoms with Gasteiger partial charge >= 0.3 is 0 Å². The lowest BCUT2D eigenvalue weighted by molar-refractivity contribution is -0.122. The molecule has 0 spiro atoms. The fourth-order valence-electron chi connectivity index (χ4n) is 1.51. The van der Waals surface area contributed by atoms with E-state index in [2.05, 4.69) is 22.4 Å². The van der Waals surface area contributed by atoms with Gasteiger partial charge in [-0.1, -0.05) is 47.7 Å². The van der Waals surface area contributed by atoms with Crippen LogP contribution in [0.1, 0.15) is 20.3 Å². The molecule has 0 bridgehead atoms. The first-order chi connectivity index (χ1) is 10.6. The van der Waals surface area contributed by atoms with Crippen LogP contribution >= 0.6 is 34.7 Å². The number of anilines is 1. The van der Waals surface area contributed by atoms with Crippen molar-refractivity contribution in [1.29, 1.82) is 0 Å². The van der Waals surface area contributed by atoms with Crippen molar-refractivity contribution in [2.45, 2.75) is 30.7 Å². The molecule has 2 aromatic rings. The molecular weight excluding hydrogens is 342 g/mol. The summed E-state index contributed by atoms with van der Waals surface area (Å²) in [5, 5.41) is 11.7. The third-order valence-corrected chi connectivity index (χ3v) is 4.96. The van der Waals surface area contributed by atoms with Crippen LogP contribution in [-0.4, -0.2) is 28.0 Å². The number of benzene rings is 1. The maximum absolute atomic E-state index is 12.1. The Morgan fingerprint density at radius 3 is 3.05 bits per heavy atom. The minimum absolute atomic E-state index is 0.275. The second-order valence-corrected chi connectivity index (χ2v) is 7.18. The van der Waals surface area contributed by atoms with Gasteiger partial charge in [0.25, 0.3) is 5.91 Å². The lowest BCUT2D eigenvalue weighted by atomic mass is 10.3. The highest BCUT2D eigenvalue weighted by Crippen LogP contribution is 2.26. The average molecular weight is 358 g/mol. The molecule has 1 heterocycles. The van der Waals surface area contributed by atoms with E-state index >= 15 is 0 Å². The predicted octanol–water partition coefficient (Wildman–Crippen LogP) is 4.10. The predicted molar refractivity (Wildman–Crippen MR) is 91.1 cm³/mol. The van der Waals surface area contributed by atoms with Gasteiger partial charge in [-0.15, -0.1) is 10.2 Å². The zero-order valence-corrected chi connectivity index (χ0v) is 14.6. The van der Waals surface area contributed by atoms with Crippen molar-refractivity contribution in [1.82, 2.24) is 10.2 Å². The first-order valence-corrected chi connectivity index (χ1v) is 8.96. The van der Waals surface area contributed by atoms with Gasteiger partial charge in [-0.3, -0.25) is 10.1 Å². The number of amides is 1. The maximum atomic E-state index is 12.1. The van der Waals surface area contributed by atoms with Crippen LogP contribution in [0, 0.1) is 0 Å². The Kier molecular flexibility index (Phi) is 6.48. The SMILES string of the molecule is CCCSc1nnc(NC(=O)C(C)Oc2cccc(Cl)c2)s1. The smallest absolute Gasteiger partial charge is 0.266 e. The number of nitrogens with one attached hydrogen (secondary N) is 1. The molecule has 1 unspecified atom stereocenters. The molecule has 0 saturated carbocycles. The van der Waals surface area contributed by atoms with Crippen LogP contribution in [-0.2, 0) is 4.79 Å². The lowest BCUT2D eigenvalue weighted by Gasteiger charge is -2.13. The number of nitrogens with zero attached hydrogens (tertiary/aromatic N) is 2. The van der Waals surface area contributed by atoms with Crippen molar-refractivity contribution in [3.8, 4) is 5.75 Å². The Hall–Kier alpha value is -1.31. The average Bonchev–Trinajstić information content (AvgIpc) is 2.92. The number of carbonyl (C=O) groups is 1. The number of rotatable bonds is 7. The molecule has 1 aromatic carbocycles. The van der Waals surface area contributed by atoms with Gasteiger partial charge in [0.15, 0.2) is 10.4 Å². The van der Waals surface area contributed by atoms with Crippen LogP contribution in [0.25, 0.3) is 0 Å². The summed E-state index contributed by atoms with van der Waals surface area (Å²) < 4.78 is 6.40. The van der Waals surface area contributed by atoms with Crippen molar-refractivity contribution in [2.75, 3.05) is 11.1 Å². The van der Waals surface area contributed by atoms with Crippen LogP contribution in [0.3, 0.4) is 0 Å². The summed E-state index contributed by atoms with van der Waals surface area (Å²) >= 11 is 8.87. The Morgan fingerprint density at radius 2 is 2.32 bits per heavy atom. The van der Waals surface area contributed by atoms with Crippen LogP contribution in [0.2, 0.25) is 5.02 Å². The number of aromatic nitrogens is 2. The highest BCUT2D eigenvalue weighted by molar-refractivity contribution is 8.01. The number of hydrogen-bond donors (Lipinski definition) is 1. The molecule has 22 heavy (non-hydrogen) atoms. The largest absolute Gasteiger partial charge is 0.481 e. The molecular formula is C14H16ClN3O2S2. The van der Waals surface area contributed by atoms with Gasteiger partial charge in [0.05, 0.1) is 0 Å². The van der Waals surface area contributed by atoms with Crippen molar-refractivity contribution in [3.05, 3.63) is 29.3 Å². The van der Waals surface area contributed by atoms with Crippen LogP contribution in [0.4, 0.5) is 5.13 Å². The van der Waals surface area contributed by atoms with Crippen molar-refractivity contribution >= 4 is 45.7 Å². The van der Waals surface area contributed by atoms with Gasteiger partial charge in [-0.05, 0) is 31.5 Å². The third-order valence-electron chi connectivity index (χ3n) is 2.54. The molecule has 1 N–H and O–H groups in total. The summed E-state index contributed by atoms with van der Waals surface area (Å²) in [6.07, 6.45) is 0.408. The fourth-order valence-corrected chi connectivity index (χ4v) is 3.37. The Bertz CT molecular complexity index is 636. The van der Waals surface area contributed by atoms with Gasteiger partial charge in [0, 0.05) is 10.8 Å². The summed E-state index contributed by atoms with van der Waals surface area (Å²) in [6, 6.07) is 6.93. The van der Waals surface area contributed by atoms with E-state index in [4.69, 9.17) is 16.3 Å². The molecule has 1 amide bonds. The minimum atomic E-state index is -0.658. The van der Waals surface area contributed by atoms with E-state index in [0.29, 0.717) is 15.9 Å². The van der Waals surface area contributed by atoms with Crippen molar-refractivity contribution in [2.24, 2.45) is 0 Å². The zero-order valence-electron chi connectivity index (χ0n) is 12.2. The summed E-state index contributed by atoms with van der Waals surface area (Å²) in [7, 11) is 0. The van der Waals surface area contributed by atoms with E-state index in [1.54, 1.807) is 43.0 Å². The maximum Gasteiger partial charge on any atom is 0.266 e. The number of hydrogen-bond acceptors (Lipinski definition) is 6. The molecule has 0 fully saturated rings. The van der Waals surface area contributed by atoms with E-state index in [-0.39, 0.29) is 5.91 Å². The molecule has 0 aliphatic carbocycles. The van der Waals surface area contributed by atoms with Gasteiger partial charge in [-0.25, -0.2) is 0 Å². The van der Waals surface area contributed by atoms with Crippen LogP contribution in [0.15, 0.2) is 28.6 Å². The standard InChI is InChI=1S/C14H16ClN3O2S2/c1-3-7-21-14-18-17-13(22-14)16-12(19)9(2)20-11-6-4-5-10(15)8-11/h4-6,8-9H,3,7H2,1-2H3,(H,16,17,19). The third kappa shape index (κ3) is 5.15. The first-order valence-electron chi connectivity index (χ1n) is 6.78. The molecule has 118 valence electrons. The number of halogens is 1. The first kappa shape index (κ1) is 17.1. The quantitative estimate of drug-likeness (QED) is 0.597. The number of carbonyl (C=O) groups excluding carboxylic acids is 1. The monoisotopic (exact) mass is 357 g/mol. The van der Waals surface area contributed by atoms with E-state index < -0.39 is 6.10 Å². The van der Waals surface area contributed by atoms with E-state index in [1.807, 2.05) is 0 Å². The number of thioether (sulfide) groups is 1. The molecule has 0 aliphatic heterocycles. The normalized spacial score (nSPS) is 12.0. The lowest BCUT2D eigenvalue weighted by Crippen LogP contribution is -2.30. The van der Waals surface area contributed by atoms with Gasteiger partial charge in [-0.2, -0.15) is 0 Å². The van der Waals surface area contributed by atoms with E-state index in [0.717, 1.165) is 16.5 Å². The second kappa shape index (κ2) is 8.36. The number of ether oxygens (including phenoxy) is 1. The minimum Gasteiger partial charge on any atom is -0.481 e. The summed E-state index contributed by atoms with van der Waals surface area (Å²) in [5.41, 5.74) is 0. The highest BCUT2D eigenvalue weighted by Gasteiger charge is 2.17. The molecule has 0 aliphatic rings. The summed E-state index contributed by atoms with van der Waals surface area (Å²) in [5.74, 6) is 1.26. The fraction of sp³-hybridized carbons (Fsp3) is 0.357. The van der Waals surface area contributed by atoms with Crippen LogP contribution < -0.4 is 10.1 Å². The van der Waals surface area contributed by atoms with Crippen LogP contribution in [0.5, 0.6) is 5.75 Å². The van der Waals surface area contributed by atoms with Gasteiger partial charge in [0.2, 0.25) is 5.13 Å². The molecule has 0 saturated heterocycles. The zero-order chi connectivity index (χ0) is 15.9. The molecule has 1 atom stereocenters. The van der Waals surface area contributed by atoms with Gasteiger partial charge in [0.1, 0.15) is 5.75 Å². The molecule has 0 radical (unpaired) electrons. The van der Waals surface area contributed by atoms with Crippen molar-refractivity contribution < 1.29 is 9.53 Å². The highest BCUT2D eigenvalue weighted by atomic mass is 35.5. The van der Waals surface area contributed by atoms with E-state index in [1.165, 1.54) is 11.3 Å². The van der Waals surface area contributed by atoms with Gasteiger partial charge < -0.3 is 4.74 Å². The molecule has 8 heteroatoms. The topological polar surface area (TPSA) is 64.1 Å². The van der Waals surface area contributed by atoms with Crippen molar-refractivity contribution in [3.63, 3.8) is 0 Å². The molecule has 2 rings (SSSR count). The van der Waals surface area contributed by atoms with E-state index in [9.17, 15) is 4.79 Å². The Balaban J connectivity index is 1.89. The molecule has 5 nitrogen and oxygen atoms in total. The Labute approximate surface area is 142 Å². The molecule has 1 aromatic heterocycles.